The van der Waals surface area contributed by atoms with Gasteiger partial charge in [0, 0.05) is 24.0 Å². The largest absolute Gasteiger partial charge is 0.459 e. The van der Waals surface area contributed by atoms with Gasteiger partial charge in [0.15, 0.2) is 6.10 Å². The van der Waals surface area contributed by atoms with Crippen molar-refractivity contribution in [2.45, 2.75) is 32.9 Å². The number of benzene rings is 1. The Hall–Kier alpha value is -2.66. The minimum atomic E-state index is -1.19. The molecule has 0 spiro atoms. The molecular weight excluding hydrogens is 328 g/mol. The molecule has 0 fully saturated rings. The van der Waals surface area contributed by atoms with Gasteiger partial charge in [0.25, 0.3) is 0 Å². The highest BCUT2D eigenvalue weighted by molar-refractivity contribution is 5.90. The van der Waals surface area contributed by atoms with E-state index in [4.69, 9.17) is 9.72 Å². The number of carbonyl (C=O) groups excluding carboxylic acids is 1. The molecule has 0 amide bonds. The Balaban J connectivity index is 1.71. The van der Waals surface area contributed by atoms with Crippen LogP contribution in [0.1, 0.15) is 29.3 Å². The van der Waals surface area contributed by atoms with Gasteiger partial charge in [0.05, 0.1) is 16.9 Å². The maximum Gasteiger partial charge on any atom is 0.339 e. The van der Waals surface area contributed by atoms with Crippen LogP contribution in [0.25, 0.3) is 16.6 Å². The normalized spacial score (nSPS) is 21.3. The lowest BCUT2D eigenvalue weighted by Crippen LogP contribution is -2.37. The number of nitrogens with zero attached hydrogens (tertiary/aromatic N) is 2. The van der Waals surface area contributed by atoms with Crippen molar-refractivity contribution in [3.05, 3.63) is 57.8 Å². The van der Waals surface area contributed by atoms with Crippen LogP contribution in [0.2, 0.25) is 0 Å². The third-order valence-corrected chi connectivity index (χ3v) is 5.63. The van der Waals surface area contributed by atoms with Gasteiger partial charge < -0.3 is 14.7 Å². The molecule has 1 unspecified atom stereocenters. The smallest absolute Gasteiger partial charge is 0.339 e. The number of pyridine rings is 1. The standard InChI is InChI=1S/C21H20N2O3/c1-3-13-15-6-11(2)4-5-17(15)22-19-16(13)9-23-8-12-10-26-21(25)20(24)14(12)7-18(19)23/h4-7,20,24H,3,8-10H2,1-2H3. The third kappa shape index (κ3) is 2.07. The van der Waals surface area contributed by atoms with Crippen LogP contribution < -0.4 is 0 Å². The van der Waals surface area contributed by atoms with E-state index < -0.39 is 12.1 Å². The second-order valence-electron chi connectivity index (χ2n) is 7.25. The first-order chi connectivity index (χ1) is 12.6. The molecule has 5 heteroatoms. The lowest BCUT2D eigenvalue weighted by Gasteiger charge is -2.32. The van der Waals surface area contributed by atoms with Crippen LogP contribution in [0.3, 0.4) is 0 Å². The van der Waals surface area contributed by atoms with E-state index in [9.17, 15) is 9.90 Å². The second kappa shape index (κ2) is 5.42. The quantitative estimate of drug-likeness (QED) is 0.802. The molecule has 132 valence electrons. The third-order valence-electron chi connectivity index (χ3n) is 5.63. The zero-order chi connectivity index (χ0) is 18.0. The van der Waals surface area contributed by atoms with Gasteiger partial charge in [-0.3, -0.25) is 0 Å². The molecule has 3 aliphatic heterocycles. The van der Waals surface area contributed by atoms with Gasteiger partial charge in [-0.1, -0.05) is 18.6 Å². The molecule has 5 nitrogen and oxygen atoms in total. The average molecular weight is 348 g/mol. The van der Waals surface area contributed by atoms with Crippen LogP contribution in [0.15, 0.2) is 35.4 Å². The molecular formula is C21H20N2O3. The monoisotopic (exact) mass is 348 g/mol. The van der Waals surface area contributed by atoms with Crippen molar-refractivity contribution in [1.29, 1.82) is 0 Å². The molecule has 0 saturated heterocycles. The lowest BCUT2D eigenvalue weighted by atomic mass is 9.95. The van der Waals surface area contributed by atoms with E-state index in [1.165, 1.54) is 22.1 Å². The lowest BCUT2D eigenvalue weighted by molar-refractivity contribution is -0.152. The van der Waals surface area contributed by atoms with Crippen LogP contribution in [0.4, 0.5) is 0 Å². The molecule has 1 atom stereocenters. The number of aliphatic hydroxyl groups is 1. The van der Waals surface area contributed by atoms with E-state index in [0.29, 0.717) is 12.1 Å². The summed E-state index contributed by atoms with van der Waals surface area (Å²) in [6.45, 7) is 6.02. The number of cyclic esters (lactones) is 1. The summed E-state index contributed by atoms with van der Waals surface area (Å²) in [5.74, 6) is -0.566. The van der Waals surface area contributed by atoms with Gasteiger partial charge in [-0.2, -0.15) is 0 Å². The summed E-state index contributed by atoms with van der Waals surface area (Å²) < 4.78 is 5.09. The van der Waals surface area contributed by atoms with Crippen molar-refractivity contribution in [2.75, 3.05) is 13.2 Å². The van der Waals surface area contributed by atoms with Gasteiger partial charge >= 0.3 is 5.97 Å². The van der Waals surface area contributed by atoms with E-state index >= 15 is 0 Å². The van der Waals surface area contributed by atoms with Gasteiger partial charge in [0.1, 0.15) is 6.61 Å². The van der Waals surface area contributed by atoms with Gasteiger partial charge in [-0.15, -0.1) is 0 Å². The molecule has 0 radical (unpaired) electrons. The Bertz CT molecular complexity index is 1040. The molecule has 1 aromatic heterocycles. The first-order valence-corrected chi connectivity index (χ1v) is 9.02. The van der Waals surface area contributed by atoms with Crippen molar-refractivity contribution < 1.29 is 14.6 Å². The zero-order valence-corrected chi connectivity index (χ0v) is 14.9. The van der Waals surface area contributed by atoms with Crippen molar-refractivity contribution in [3.63, 3.8) is 0 Å². The molecule has 3 aliphatic rings. The summed E-state index contributed by atoms with van der Waals surface area (Å²) in [6.07, 6.45) is 1.69. The van der Waals surface area contributed by atoms with E-state index in [-0.39, 0.29) is 6.61 Å². The molecule has 0 bridgehead atoms. The van der Waals surface area contributed by atoms with Crippen molar-refractivity contribution >= 4 is 22.6 Å². The number of fused-ring (bicyclic) bond motifs is 4. The van der Waals surface area contributed by atoms with Crippen molar-refractivity contribution in [3.8, 4) is 0 Å². The Morgan fingerprint density at radius 2 is 2.19 bits per heavy atom. The first-order valence-electron chi connectivity index (χ1n) is 9.02. The number of aryl methyl sites for hydroxylation is 2. The Kier molecular flexibility index (Phi) is 3.25. The van der Waals surface area contributed by atoms with Crippen LogP contribution in [0.5, 0.6) is 0 Å². The number of ether oxygens (including phenoxy) is 1. The summed E-state index contributed by atoms with van der Waals surface area (Å²) in [5, 5.41) is 11.5. The number of rotatable bonds is 1. The van der Waals surface area contributed by atoms with Crippen molar-refractivity contribution in [2.24, 2.45) is 0 Å². The number of aromatic nitrogens is 1. The highest BCUT2D eigenvalue weighted by Gasteiger charge is 2.37. The fourth-order valence-electron chi connectivity index (χ4n) is 4.33. The molecule has 0 saturated carbocycles. The van der Waals surface area contributed by atoms with Crippen LogP contribution >= 0.6 is 0 Å². The highest BCUT2D eigenvalue weighted by Crippen LogP contribution is 2.41. The SMILES string of the molecule is CCc1c2c(nc3ccc(C)cc13)C1=CC3=C(COC(=O)C3O)CN1C2. The summed E-state index contributed by atoms with van der Waals surface area (Å²) in [7, 11) is 0. The van der Waals surface area contributed by atoms with E-state index in [1.54, 1.807) is 0 Å². The molecule has 5 rings (SSSR count). The first kappa shape index (κ1) is 15.6. The number of aliphatic hydroxyl groups excluding tert-OH is 1. The maximum absolute atomic E-state index is 11.7. The molecule has 2 aromatic rings. The van der Waals surface area contributed by atoms with Gasteiger partial charge in [-0.05, 0) is 48.3 Å². The zero-order valence-electron chi connectivity index (χ0n) is 14.9. The second-order valence-corrected chi connectivity index (χ2v) is 7.25. The molecule has 4 heterocycles. The summed E-state index contributed by atoms with van der Waals surface area (Å²) in [4.78, 5) is 18.9. The molecule has 0 aliphatic carbocycles. The van der Waals surface area contributed by atoms with Crippen LogP contribution in [-0.4, -0.2) is 40.2 Å². The highest BCUT2D eigenvalue weighted by atomic mass is 16.5. The predicted octanol–water partition coefficient (Wildman–Crippen LogP) is 2.49. The minimum absolute atomic E-state index is 0.261. The van der Waals surface area contributed by atoms with Crippen LogP contribution in [0, 0.1) is 6.92 Å². The fourth-order valence-corrected chi connectivity index (χ4v) is 4.33. The van der Waals surface area contributed by atoms with Crippen LogP contribution in [-0.2, 0) is 22.5 Å². The maximum atomic E-state index is 11.7. The fraction of sp³-hybridized carbons (Fsp3) is 0.333. The number of carbonyl (C=O) groups is 1. The molecule has 1 N–H and O–H groups in total. The van der Waals surface area contributed by atoms with Gasteiger partial charge in [-0.25, -0.2) is 9.78 Å². The summed E-state index contributed by atoms with van der Waals surface area (Å²) in [5.41, 5.74) is 8.49. The average Bonchev–Trinajstić information content (AvgIpc) is 2.99. The summed E-state index contributed by atoms with van der Waals surface area (Å²) >= 11 is 0. The van der Waals surface area contributed by atoms with Gasteiger partial charge in [0.2, 0.25) is 0 Å². The Morgan fingerprint density at radius 1 is 1.35 bits per heavy atom. The number of esters is 1. The minimum Gasteiger partial charge on any atom is -0.459 e. The van der Waals surface area contributed by atoms with E-state index in [1.807, 2.05) is 6.08 Å². The number of hydrogen-bond donors (Lipinski definition) is 1. The van der Waals surface area contributed by atoms with Crippen molar-refractivity contribution in [1.82, 2.24) is 9.88 Å². The number of hydrogen-bond acceptors (Lipinski definition) is 5. The summed E-state index contributed by atoms with van der Waals surface area (Å²) in [6, 6.07) is 6.38. The molecule has 1 aromatic carbocycles. The Labute approximate surface area is 151 Å². The Morgan fingerprint density at radius 3 is 3.00 bits per heavy atom. The topological polar surface area (TPSA) is 62.7 Å². The van der Waals surface area contributed by atoms with E-state index in [2.05, 4.69) is 36.9 Å². The molecule has 26 heavy (non-hydrogen) atoms. The predicted molar refractivity (Wildman–Crippen MR) is 98.2 cm³/mol. The van der Waals surface area contributed by atoms with E-state index in [0.717, 1.165) is 35.4 Å².